The van der Waals surface area contributed by atoms with Crippen molar-refractivity contribution in [1.82, 2.24) is 0 Å². The number of rotatable bonds is 7. The molecule has 0 aliphatic heterocycles. The standard InChI is InChI=1S/C20H14F3IN2O5/c1-30-16-7-11(6-15(24)18(16)31-10-17(27)28)5-12(9-25)19(29)26-14-4-2-3-13(8-14)20(21,22)23/h2-8H,10H2,1H3,(H,26,29)(H,27,28)/b12-5+. The third-order valence-corrected chi connectivity index (χ3v) is 4.52. The SMILES string of the molecule is COc1cc(/C=C(\C#N)C(=O)Nc2cccc(C(F)(F)F)c2)cc(I)c1OCC(=O)O. The van der Waals surface area contributed by atoms with Gasteiger partial charge in [-0.2, -0.15) is 18.4 Å². The average molecular weight is 546 g/mol. The number of benzene rings is 2. The number of nitrogens with zero attached hydrogens (tertiary/aromatic N) is 1. The molecule has 2 aromatic carbocycles. The summed E-state index contributed by atoms with van der Waals surface area (Å²) in [5, 5.41) is 20.4. The van der Waals surface area contributed by atoms with Crippen LogP contribution in [0.3, 0.4) is 0 Å². The van der Waals surface area contributed by atoms with Gasteiger partial charge in [-0.05, 0) is 64.6 Å². The lowest BCUT2D eigenvalue weighted by atomic mass is 10.1. The van der Waals surface area contributed by atoms with Crippen LogP contribution in [-0.4, -0.2) is 30.7 Å². The molecule has 0 aromatic heterocycles. The highest BCUT2D eigenvalue weighted by Gasteiger charge is 2.30. The number of amides is 1. The lowest BCUT2D eigenvalue weighted by Gasteiger charge is -2.12. The van der Waals surface area contributed by atoms with E-state index in [1.807, 2.05) is 22.6 Å². The van der Waals surface area contributed by atoms with Crippen molar-refractivity contribution in [1.29, 1.82) is 5.26 Å². The largest absolute Gasteiger partial charge is 0.493 e. The van der Waals surface area contributed by atoms with E-state index in [1.54, 1.807) is 6.07 Å². The second kappa shape index (κ2) is 10.2. The maximum Gasteiger partial charge on any atom is 0.416 e. The second-order valence-electron chi connectivity index (χ2n) is 5.92. The third-order valence-electron chi connectivity index (χ3n) is 3.72. The monoisotopic (exact) mass is 546 g/mol. The van der Waals surface area contributed by atoms with Gasteiger partial charge in [0.1, 0.15) is 11.6 Å². The topological polar surface area (TPSA) is 109 Å². The lowest BCUT2D eigenvalue weighted by molar-refractivity contribution is -0.139. The molecule has 0 unspecified atom stereocenters. The Morgan fingerprint density at radius 2 is 2.00 bits per heavy atom. The van der Waals surface area contributed by atoms with Crippen LogP contribution in [-0.2, 0) is 15.8 Å². The number of halogens is 4. The van der Waals surface area contributed by atoms with E-state index < -0.39 is 30.2 Å². The Labute approximate surface area is 188 Å². The molecular weight excluding hydrogens is 532 g/mol. The van der Waals surface area contributed by atoms with Gasteiger partial charge in [0.2, 0.25) is 0 Å². The molecule has 0 saturated carbocycles. The number of alkyl halides is 3. The van der Waals surface area contributed by atoms with Crippen LogP contribution in [0.25, 0.3) is 6.08 Å². The summed E-state index contributed by atoms with van der Waals surface area (Å²) in [6.07, 6.45) is -3.36. The first-order chi connectivity index (χ1) is 14.5. The van der Waals surface area contributed by atoms with Crippen LogP contribution in [0.15, 0.2) is 42.0 Å². The van der Waals surface area contributed by atoms with Gasteiger partial charge in [-0.1, -0.05) is 6.07 Å². The number of hydrogen-bond donors (Lipinski definition) is 2. The Bertz CT molecular complexity index is 1080. The second-order valence-corrected chi connectivity index (χ2v) is 7.08. The van der Waals surface area contributed by atoms with E-state index in [4.69, 9.17) is 14.6 Å². The normalized spacial score (nSPS) is 11.4. The number of ether oxygens (including phenoxy) is 2. The summed E-state index contributed by atoms with van der Waals surface area (Å²) in [5.41, 5.74) is -1.07. The number of carboxylic acids is 1. The van der Waals surface area contributed by atoms with Crippen molar-refractivity contribution in [2.24, 2.45) is 0 Å². The molecule has 0 fully saturated rings. The number of aliphatic carboxylic acids is 1. The van der Waals surface area contributed by atoms with Crippen molar-refractivity contribution in [2.45, 2.75) is 6.18 Å². The molecule has 0 saturated heterocycles. The minimum Gasteiger partial charge on any atom is -0.493 e. The van der Waals surface area contributed by atoms with Gasteiger partial charge < -0.3 is 19.9 Å². The predicted octanol–water partition coefficient (Wildman–Crippen LogP) is 4.33. The molecule has 0 atom stereocenters. The molecule has 0 radical (unpaired) electrons. The zero-order chi connectivity index (χ0) is 23.2. The van der Waals surface area contributed by atoms with Gasteiger partial charge >= 0.3 is 12.1 Å². The summed E-state index contributed by atoms with van der Waals surface area (Å²) in [6.45, 7) is -0.593. The average Bonchev–Trinajstić information content (AvgIpc) is 2.70. The summed E-state index contributed by atoms with van der Waals surface area (Å²) in [6, 6.07) is 8.67. The highest BCUT2D eigenvalue weighted by molar-refractivity contribution is 14.1. The summed E-state index contributed by atoms with van der Waals surface area (Å²) in [4.78, 5) is 23.1. The van der Waals surface area contributed by atoms with E-state index >= 15 is 0 Å². The van der Waals surface area contributed by atoms with Crippen molar-refractivity contribution >= 4 is 46.2 Å². The van der Waals surface area contributed by atoms with Crippen LogP contribution in [0.4, 0.5) is 18.9 Å². The van der Waals surface area contributed by atoms with E-state index in [9.17, 15) is 28.0 Å². The number of hydrogen-bond acceptors (Lipinski definition) is 5. The number of nitriles is 1. The van der Waals surface area contributed by atoms with Gasteiger partial charge in [-0.3, -0.25) is 4.79 Å². The smallest absolute Gasteiger partial charge is 0.416 e. The van der Waals surface area contributed by atoms with E-state index in [1.165, 1.54) is 31.4 Å². The molecule has 2 N–H and O–H groups in total. The fourth-order valence-corrected chi connectivity index (χ4v) is 3.17. The Balaban J connectivity index is 2.30. The quantitative estimate of drug-likeness (QED) is 0.304. The zero-order valence-corrected chi connectivity index (χ0v) is 17.9. The van der Waals surface area contributed by atoms with Crippen molar-refractivity contribution in [3.8, 4) is 17.6 Å². The van der Waals surface area contributed by atoms with Crippen LogP contribution in [0.2, 0.25) is 0 Å². The molecule has 0 aliphatic carbocycles. The fraction of sp³-hybridized carbons (Fsp3) is 0.150. The van der Waals surface area contributed by atoms with E-state index in [0.717, 1.165) is 18.2 Å². The number of nitrogens with one attached hydrogen (secondary N) is 1. The highest BCUT2D eigenvalue weighted by atomic mass is 127. The van der Waals surface area contributed by atoms with Crippen LogP contribution >= 0.6 is 22.6 Å². The van der Waals surface area contributed by atoms with Gasteiger partial charge in [0, 0.05) is 5.69 Å². The molecular formula is C20H14F3IN2O5. The fourth-order valence-electron chi connectivity index (χ4n) is 2.38. The summed E-state index contributed by atoms with van der Waals surface area (Å²) in [5.74, 6) is -1.73. The Kier molecular flexibility index (Phi) is 7.87. The van der Waals surface area contributed by atoms with Gasteiger partial charge in [0.15, 0.2) is 18.1 Å². The molecule has 2 aromatic rings. The first-order valence-corrected chi connectivity index (χ1v) is 9.45. The molecule has 162 valence electrons. The van der Waals surface area contributed by atoms with Crippen molar-refractivity contribution < 1.29 is 37.3 Å². The van der Waals surface area contributed by atoms with Crippen LogP contribution in [0.5, 0.6) is 11.5 Å². The first kappa shape index (κ1) is 24.0. The maximum absolute atomic E-state index is 12.8. The zero-order valence-electron chi connectivity index (χ0n) is 15.8. The Morgan fingerprint density at radius 3 is 2.58 bits per heavy atom. The number of carboxylic acid groups (broad SMARTS) is 1. The van der Waals surface area contributed by atoms with E-state index in [2.05, 4.69) is 5.32 Å². The predicted molar refractivity (Wildman–Crippen MR) is 113 cm³/mol. The maximum atomic E-state index is 12.8. The van der Waals surface area contributed by atoms with Gasteiger partial charge in [0.05, 0.1) is 16.2 Å². The molecule has 0 aliphatic rings. The van der Waals surface area contributed by atoms with E-state index in [-0.39, 0.29) is 22.8 Å². The summed E-state index contributed by atoms with van der Waals surface area (Å²) in [7, 11) is 1.33. The van der Waals surface area contributed by atoms with Gasteiger partial charge in [0.25, 0.3) is 5.91 Å². The highest BCUT2D eigenvalue weighted by Crippen LogP contribution is 2.35. The number of methoxy groups -OCH3 is 1. The van der Waals surface area contributed by atoms with Crippen molar-refractivity contribution in [2.75, 3.05) is 19.0 Å². The van der Waals surface area contributed by atoms with Crippen molar-refractivity contribution in [3.63, 3.8) is 0 Å². The number of carbonyl (C=O) groups excluding carboxylic acids is 1. The number of anilines is 1. The molecule has 0 spiro atoms. The van der Waals surface area contributed by atoms with Crippen LogP contribution in [0.1, 0.15) is 11.1 Å². The molecule has 31 heavy (non-hydrogen) atoms. The molecule has 0 bridgehead atoms. The molecule has 11 heteroatoms. The Hall–Kier alpha value is -3.27. The lowest BCUT2D eigenvalue weighted by Crippen LogP contribution is -2.14. The molecule has 1 amide bonds. The van der Waals surface area contributed by atoms with Gasteiger partial charge in [-0.25, -0.2) is 4.79 Å². The van der Waals surface area contributed by atoms with Crippen molar-refractivity contribution in [3.05, 3.63) is 56.7 Å². The van der Waals surface area contributed by atoms with Crippen LogP contribution in [0, 0.1) is 14.9 Å². The molecule has 2 rings (SSSR count). The summed E-state index contributed by atoms with van der Waals surface area (Å²) >= 11 is 1.87. The third kappa shape index (κ3) is 6.61. The van der Waals surface area contributed by atoms with E-state index in [0.29, 0.717) is 9.13 Å². The molecule has 0 heterocycles. The van der Waals surface area contributed by atoms with Crippen LogP contribution < -0.4 is 14.8 Å². The molecule has 7 nitrogen and oxygen atoms in total. The first-order valence-electron chi connectivity index (χ1n) is 8.37. The van der Waals surface area contributed by atoms with Gasteiger partial charge in [-0.15, -0.1) is 0 Å². The minimum absolute atomic E-state index is 0.120. The summed E-state index contributed by atoms with van der Waals surface area (Å²) < 4.78 is 49.3. The Morgan fingerprint density at radius 1 is 1.29 bits per heavy atom. The minimum atomic E-state index is -4.58. The number of carbonyl (C=O) groups is 2.